The molecule has 0 bridgehead atoms. The highest BCUT2D eigenvalue weighted by atomic mass is 16.5. The van der Waals surface area contributed by atoms with Gasteiger partial charge in [0, 0.05) is 6.61 Å². The summed E-state index contributed by atoms with van der Waals surface area (Å²) in [5.74, 6) is 0.962. The molecule has 0 heterocycles. The minimum atomic E-state index is 0.117. The lowest BCUT2D eigenvalue weighted by Gasteiger charge is -2.14. The first kappa shape index (κ1) is 30.0. The van der Waals surface area contributed by atoms with Gasteiger partial charge in [-0.05, 0) is 60.2 Å². The summed E-state index contributed by atoms with van der Waals surface area (Å²) in [5.41, 5.74) is 6.13. The second-order valence-electron chi connectivity index (χ2n) is 10.5. The standard InChI is InChI=1S/C36H50O2/c1-4-6-7-8-9-10-11-12-13-14-15-18-29-38-34-27-25-33(26-28-34)36-20-17-16-19-35(36)32-23-21-31(22-24-32)30(3)37-5-2/h16-17,19-28,30H,4-15,18,29H2,1-3H3. The van der Waals surface area contributed by atoms with Crippen LogP contribution in [0.2, 0.25) is 0 Å². The normalized spacial score (nSPS) is 12.0. The third kappa shape index (κ3) is 10.3. The molecule has 2 heteroatoms. The Morgan fingerprint density at radius 2 is 1.03 bits per heavy atom. The number of ether oxygens (including phenoxy) is 2. The van der Waals surface area contributed by atoms with E-state index in [1.165, 1.54) is 98.4 Å². The highest BCUT2D eigenvalue weighted by Gasteiger charge is 2.09. The Balaban J connectivity index is 1.40. The van der Waals surface area contributed by atoms with Gasteiger partial charge in [0.15, 0.2) is 0 Å². The fourth-order valence-corrected chi connectivity index (χ4v) is 5.13. The van der Waals surface area contributed by atoms with Gasteiger partial charge in [0.1, 0.15) is 5.75 Å². The van der Waals surface area contributed by atoms with Gasteiger partial charge < -0.3 is 9.47 Å². The van der Waals surface area contributed by atoms with Crippen molar-refractivity contribution in [1.82, 2.24) is 0 Å². The Bertz CT molecular complexity index is 1010. The summed E-state index contributed by atoms with van der Waals surface area (Å²) in [6.45, 7) is 7.96. The van der Waals surface area contributed by atoms with Crippen molar-refractivity contribution in [3.63, 3.8) is 0 Å². The average molecular weight is 515 g/mol. The van der Waals surface area contributed by atoms with Crippen molar-refractivity contribution >= 4 is 0 Å². The van der Waals surface area contributed by atoms with E-state index in [2.05, 4.69) is 86.6 Å². The molecule has 0 amide bonds. The van der Waals surface area contributed by atoms with Gasteiger partial charge in [-0.25, -0.2) is 0 Å². The van der Waals surface area contributed by atoms with Crippen LogP contribution in [0.1, 0.15) is 109 Å². The van der Waals surface area contributed by atoms with Gasteiger partial charge in [0.25, 0.3) is 0 Å². The van der Waals surface area contributed by atoms with Crippen molar-refractivity contribution < 1.29 is 9.47 Å². The Morgan fingerprint density at radius 1 is 0.553 bits per heavy atom. The van der Waals surface area contributed by atoms with Crippen molar-refractivity contribution in [3.05, 3.63) is 78.4 Å². The molecular weight excluding hydrogens is 464 g/mol. The summed E-state index contributed by atoms with van der Waals surface area (Å²) >= 11 is 0. The summed E-state index contributed by atoms with van der Waals surface area (Å²) < 4.78 is 11.8. The smallest absolute Gasteiger partial charge is 0.119 e. The Labute approximate surface area is 232 Å². The second kappa shape index (κ2) is 17.8. The maximum absolute atomic E-state index is 6.05. The number of benzene rings is 3. The van der Waals surface area contributed by atoms with Gasteiger partial charge in [-0.1, -0.05) is 138 Å². The van der Waals surface area contributed by atoms with Crippen molar-refractivity contribution in [2.75, 3.05) is 13.2 Å². The first-order valence-electron chi connectivity index (χ1n) is 15.3. The molecule has 0 aliphatic heterocycles. The highest BCUT2D eigenvalue weighted by molar-refractivity contribution is 5.83. The number of unbranched alkanes of at least 4 members (excludes halogenated alkanes) is 11. The van der Waals surface area contributed by atoms with Crippen molar-refractivity contribution in [2.24, 2.45) is 0 Å². The summed E-state index contributed by atoms with van der Waals surface area (Å²) in [4.78, 5) is 0. The zero-order chi connectivity index (χ0) is 26.8. The van der Waals surface area contributed by atoms with Crippen LogP contribution in [-0.4, -0.2) is 13.2 Å². The predicted molar refractivity (Wildman–Crippen MR) is 164 cm³/mol. The van der Waals surface area contributed by atoms with Crippen LogP contribution in [0.25, 0.3) is 22.3 Å². The van der Waals surface area contributed by atoms with Gasteiger partial charge in [0.2, 0.25) is 0 Å². The fraction of sp³-hybridized carbons (Fsp3) is 0.500. The Hall–Kier alpha value is -2.58. The fourth-order valence-electron chi connectivity index (χ4n) is 5.13. The molecule has 0 aromatic heterocycles. The van der Waals surface area contributed by atoms with E-state index in [1.54, 1.807) is 0 Å². The molecule has 3 aromatic rings. The first-order chi connectivity index (χ1) is 18.7. The molecule has 38 heavy (non-hydrogen) atoms. The zero-order valence-electron chi connectivity index (χ0n) is 24.2. The SMILES string of the molecule is CCCCCCCCCCCCCCOc1ccc(-c2ccccc2-c2ccc(C(C)OCC)cc2)cc1. The molecule has 0 N–H and O–H groups in total. The van der Waals surface area contributed by atoms with Crippen LogP contribution in [-0.2, 0) is 4.74 Å². The molecule has 0 saturated carbocycles. The maximum atomic E-state index is 6.05. The van der Waals surface area contributed by atoms with Crippen LogP contribution < -0.4 is 4.74 Å². The van der Waals surface area contributed by atoms with Crippen molar-refractivity contribution in [1.29, 1.82) is 0 Å². The van der Waals surface area contributed by atoms with Gasteiger partial charge in [-0.15, -0.1) is 0 Å². The van der Waals surface area contributed by atoms with E-state index >= 15 is 0 Å². The molecule has 1 atom stereocenters. The van der Waals surface area contributed by atoms with Gasteiger partial charge >= 0.3 is 0 Å². The van der Waals surface area contributed by atoms with Crippen molar-refractivity contribution in [2.45, 2.75) is 104 Å². The third-order valence-corrected chi connectivity index (χ3v) is 7.47. The van der Waals surface area contributed by atoms with Crippen LogP contribution >= 0.6 is 0 Å². The molecule has 0 fully saturated rings. The maximum Gasteiger partial charge on any atom is 0.119 e. The van der Waals surface area contributed by atoms with Crippen molar-refractivity contribution in [3.8, 4) is 28.0 Å². The van der Waals surface area contributed by atoms with E-state index in [4.69, 9.17) is 9.47 Å². The quantitative estimate of drug-likeness (QED) is 0.148. The Morgan fingerprint density at radius 3 is 1.53 bits per heavy atom. The topological polar surface area (TPSA) is 18.5 Å². The van der Waals surface area contributed by atoms with Gasteiger partial charge in [-0.3, -0.25) is 0 Å². The van der Waals surface area contributed by atoms with Crippen LogP contribution in [0.5, 0.6) is 5.75 Å². The molecular formula is C36H50O2. The number of hydrogen-bond acceptors (Lipinski definition) is 2. The van der Waals surface area contributed by atoms with Crippen LogP contribution in [0.4, 0.5) is 0 Å². The predicted octanol–water partition coefficient (Wildman–Crippen LogP) is 11.2. The molecule has 0 aliphatic rings. The minimum Gasteiger partial charge on any atom is -0.494 e. The molecule has 206 valence electrons. The summed E-state index contributed by atoms with van der Waals surface area (Å²) in [5, 5.41) is 0. The van der Waals surface area contributed by atoms with Crippen LogP contribution in [0.3, 0.4) is 0 Å². The summed E-state index contributed by atoms with van der Waals surface area (Å²) in [6.07, 6.45) is 16.5. The monoisotopic (exact) mass is 514 g/mol. The van der Waals surface area contributed by atoms with E-state index in [1.807, 2.05) is 6.92 Å². The first-order valence-corrected chi connectivity index (χ1v) is 15.3. The summed E-state index contributed by atoms with van der Waals surface area (Å²) in [6, 6.07) is 26.0. The van der Waals surface area contributed by atoms with E-state index in [0.29, 0.717) is 0 Å². The lowest BCUT2D eigenvalue weighted by molar-refractivity contribution is 0.0764. The van der Waals surface area contributed by atoms with E-state index < -0.39 is 0 Å². The zero-order valence-corrected chi connectivity index (χ0v) is 24.2. The van der Waals surface area contributed by atoms with E-state index in [0.717, 1.165) is 25.4 Å². The van der Waals surface area contributed by atoms with Gasteiger partial charge in [0.05, 0.1) is 12.7 Å². The lowest BCUT2D eigenvalue weighted by atomic mass is 9.94. The second-order valence-corrected chi connectivity index (χ2v) is 10.5. The Kier molecular flexibility index (Phi) is 14.1. The average Bonchev–Trinajstić information content (AvgIpc) is 2.96. The van der Waals surface area contributed by atoms with E-state index in [-0.39, 0.29) is 6.10 Å². The lowest BCUT2D eigenvalue weighted by Crippen LogP contribution is -1.99. The molecule has 0 saturated heterocycles. The molecule has 0 aliphatic carbocycles. The molecule has 3 rings (SSSR count). The summed E-state index contributed by atoms with van der Waals surface area (Å²) in [7, 11) is 0. The molecule has 3 aromatic carbocycles. The van der Waals surface area contributed by atoms with Gasteiger partial charge in [-0.2, -0.15) is 0 Å². The number of hydrogen-bond donors (Lipinski definition) is 0. The number of rotatable bonds is 19. The largest absolute Gasteiger partial charge is 0.494 e. The third-order valence-electron chi connectivity index (χ3n) is 7.47. The molecule has 0 radical (unpaired) electrons. The van der Waals surface area contributed by atoms with Crippen LogP contribution in [0, 0.1) is 0 Å². The van der Waals surface area contributed by atoms with Crippen LogP contribution in [0.15, 0.2) is 72.8 Å². The minimum absolute atomic E-state index is 0.117. The molecule has 0 spiro atoms. The molecule has 1 unspecified atom stereocenters. The van der Waals surface area contributed by atoms with E-state index in [9.17, 15) is 0 Å². The molecule has 2 nitrogen and oxygen atoms in total. The highest BCUT2D eigenvalue weighted by Crippen LogP contribution is 2.33.